The highest BCUT2D eigenvalue weighted by Gasteiger charge is 2.11. The summed E-state index contributed by atoms with van der Waals surface area (Å²) >= 11 is 11.4. The molecule has 1 amide bonds. The zero-order valence-corrected chi connectivity index (χ0v) is 19.5. The highest BCUT2D eigenvalue weighted by Crippen LogP contribution is 2.23. The zero-order chi connectivity index (χ0) is 22.8. The zero-order valence-electron chi connectivity index (χ0n) is 18.0. The number of anilines is 1. The molecule has 0 atom stereocenters. The van der Waals surface area contributed by atoms with Crippen LogP contribution in [0.1, 0.15) is 38.5 Å². The van der Waals surface area contributed by atoms with E-state index in [1.165, 1.54) is 5.56 Å². The summed E-state index contributed by atoms with van der Waals surface area (Å²) in [6.07, 6.45) is 0.586. The van der Waals surface area contributed by atoms with Crippen LogP contribution in [0.25, 0.3) is 11.1 Å². The summed E-state index contributed by atoms with van der Waals surface area (Å²) in [5, 5.41) is 6.44. The molecule has 4 rings (SSSR count). The number of nitrogens with zero attached hydrogens (tertiary/aromatic N) is 1. The minimum Gasteiger partial charge on any atom is -0.440 e. The van der Waals surface area contributed by atoms with Crippen molar-refractivity contribution in [1.82, 2.24) is 10.3 Å². The van der Waals surface area contributed by atoms with E-state index in [0.29, 0.717) is 22.9 Å². The predicted molar refractivity (Wildman–Crippen MR) is 133 cm³/mol. The van der Waals surface area contributed by atoms with Gasteiger partial charge in [-0.05, 0) is 85.6 Å². The maximum absolute atomic E-state index is 12.4. The van der Waals surface area contributed by atoms with E-state index >= 15 is 0 Å². The molecule has 1 heterocycles. The SMILES string of the molecule is Cc1cc(C)c2oc(Cc3ccc(NC(=S)NC(=O)c4ccc(C)c(Cl)c4)cc3)nc2c1. The first-order chi connectivity index (χ1) is 15.3. The molecule has 0 unspecified atom stereocenters. The Morgan fingerprint density at radius 3 is 2.50 bits per heavy atom. The van der Waals surface area contributed by atoms with Crippen LogP contribution in [0.2, 0.25) is 5.02 Å². The monoisotopic (exact) mass is 463 g/mol. The van der Waals surface area contributed by atoms with Gasteiger partial charge in [0.05, 0.1) is 0 Å². The average molecular weight is 464 g/mol. The fourth-order valence-corrected chi connectivity index (χ4v) is 3.84. The Bertz CT molecular complexity index is 1330. The Morgan fingerprint density at radius 2 is 1.78 bits per heavy atom. The molecule has 1 aromatic heterocycles. The molecule has 0 spiro atoms. The van der Waals surface area contributed by atoms with Crippen molar-refractivity contribution in [2.45, 2.75) is 27.2 Å². The Labute approximate surface area is 196 Å². The van der Waals surface area contributed by atoms with E-state index < -0.39 is 0 Å². The largest absolute Gasteiger partial charge is 0.440 e. The summed E-state index contributed by atoms with van der Waals surface area (Å²) in [5.41, 5.74) is 7.15. The van der Waals surface area contributed by atoms with Gasteiger partial charge in [-0.2, -0.15) is 0 Å². The number of hydrogen-bond acceptors (Lipinski definition) is 4. The van der Waals surface area contributed by atoms with E-state index in [-0.39, 0.29) is 11.0 Å². The van der Waals surface area contributed by atoms with E-state index in [1.807, 2.05) is 44.2 Å². The van der Waals surface area contributed by atoms with Gasteiger partial charge in [0.1, 0.15) is 5.52 Å². The van der Waals surface area contributed by atoms with Crippen molar-refractivity contribution in [2.24, 2.45) is 0 Å². The van der Waals surface area contributed by atoms with Crippen LogP contribution in [-0.4, -0.2) is 16.0 Å². The number of fused-ring (bicyclic) bond motifs is 1. The van der Waals surface area contributed by atoms with E-state index in [4.69, 9.17) is 28.2 Å². The number of carbonyl (C=O) groups is 1. The number of benzene rings is 3. The molecule has 162 valence electrons. The Hall–Kier alpha value is -3.22. The average Bonchev–Trinajstić information content (AvgIpc) is 3.14. The van der Waals surface area contributed by atoms with Crippen LogP contribution in [0.5, 0.6) is 0 Å². The number of halogens is 1. The smallest absolute Gasteiger partial charge is 0.257 e. The minimum atomic E-state index is -0.317. The second-order valence-electron chi connectivity index (χ2n) is 7.78. The lowest BCUT2D eigenvalue weighted by Crippen LogP contribution is -2.34. The van der Waals surface area contributed by atoms with E-state index in [9.17, 15) is 4.79 Å². The fourth-order valence-electron chi connectivity index (χ4n) is 3.45. The number of rotatable bonds is 4. The number of aromatic nitrogens is 1. The molecule has 7 heteroatoms. The fraction of sp³-hybridized carbons (Fsp3) is 0.160. The van der Waals surface area contributed by atoms with Gasteiger partial charge in [-0.3, -0.25) is 10.1 Å². The van der Waals surface area contributed by atoms with Gasteiger partial charge in [-0.1, -0.05) is 35.9 Å². The minimum absolute atomic E-state index is 0.212. The number of carbonyl (C=O) groups excluding carboxylic acids is 1. The molecule has 0 saturated carbocycles. The predicted octanol–water partition coefficient (Wildman–Crippen LogP) is 6.12. The third kappa shape index (κ3) is 4.98. The molecule has 32 heavy (non-hydrogen) atoms. The van der Waals surface area contributed by atoms with Crippen molar-refractivity contribution in [3.05, 3.63) is 93.3 Å². The molecule has 0 aliphatic heterocycles. The quantitative estimate of drug-likeness (QED) is 0.356. The van der Waals surface area contributed by atoms with Crippen molar-refractivity contribution in [1.29, 1.82) is 0 Å². The van der Waals surface area contributed by atoms with Crippen LogP contribution in [0, 0.1) is 20.8 Å². The number of amides is 1. The lowest BCUT2D eigenvalue weighted by Gasteiger charge is -2.10. The van der Waals surface area contributed by atoms with Crippen LogP contribution in [0.3, 0.4) is 0 Å². The molecule has 0 saturated heterocycles. The topological polar surface area (TPSA) is 67.2 Å². The summed E-state index contributed by atoms with van der Waals surface area (Å²) in [4.78, 5) is 17.0. The first-order valence-corrected chi connectivity index (χ1v) is 10.9. The first-order valence-electron chi connectivity index (χ1n) is 10.1. The van der Waals surface area contributed by atoms with Crippen LogP contribution in [0.4, 0.5) is 5.69 Å². The van der Waals surface area contributed by atoms with Gasteiger partial charge in [-0.15, -0.1) is 0 Å². The molecule has 0 fully saturated rings. The number of thiocarbonyl (C=S) groups is 1. The second-order valence-corrected chi connectivity index (χ2v) is 8.60. The molecule has 3 aromatic carbocycles. The van der Waals surface area contributed by atoms with Gasteiger partial charge in [-0.25, -0.2) is 4.98 Å². The van der Waals surface area contributed by atoms with Crippen molar-refractivity contribution < 1.29 is 9.21 Å². The number of hydrogen-bond donors (Lipinski definition) is 2. The Morgan fingerprint density at radius 1 is 1.03 bits per heavy atom. The maximum atomic E-state index is 12.4. The summed E-state index contributed by atoms with van der Waals surface area (Å²) in [5.74, 6) is 0.358. The van der Waals surface area contributed by atoms with Crippen molar-refractivity contribution in [3.8, 4) is 0 Å². The highest BCUT2D eigenvalue weighted by atomic mass is 35.5. The van der Waals surface area contributed by atoms with Gasteiger partial charge in [0.2, 0.25) is 0 Å². The molecule has 5 nitrogen and oxygen atoms in total. The van der Waals surface area contributed by atoms with Crippen LogP contribution in [0.15, 0.2) is 59.0 Å². The van der Waals surface area contributed by atoms with E-state index in [1.54, 1.807) is 18.2 Å². The van der Waals surface area contributed by atoms with Gasteiger partial charge in [0.25, 0.3) is 5.91 Å². The molecule has 4 aromatic rings. The van der Waals surface area contributed by atoms with Crippen molar-refractivity contribution in [2.75, 3.05) is 5.32 Å². The summed E-state index contributed by atoms with van der Waals surface area (Å²) < 4.78 is 5.95. The third-order valence-electron chi connectivity index (χ3n) is 5.09. The first kappa shape index (κ1) is 22.0. The third-order valence-corrected chi connectivity index (χ3v) is 5.70. The molecule has 2 N–H and O–H groups in total. The van der Waals surface area contributed by atoms with Crippen LogP contribution >= 0.6 is 23.8 Å². The second kappa shape index (κ2) is 9.10. The molecule has 0 bridgehead atoms. The molecule has 0 aliphatic rings. The molecule has 0 radical (unpaired) electrons. The molecular weight excluding hydrogens is 442 g/mol. The van der Waals surface area contributed by atoms with Gasteiger partial charge >= 0.3 is 0 Å². The normalized spacial score (nSPS) is 10.9. The van der Waals surface area contributed by atoms with Gasteiger partial charge in [0, 0.05) is 22.7 Å². The Balaban J connectivity index is 1.38. The summed E-state index contributed by atoms with van der Waals surface area (Å²) in [7, 11) is 0. The molecule has 0 aliphatic carbocycles. The lowest BCUT2D eigenvalue weighted by atomic mass is 10.1. The molecular formula is C25H22ClN3O2S. The van der Waals surface area contributed by atoms with Gasteiger partial charge in [0.15, 0.2) is 16.6 Å². The summed E-state index contributed by atoms with van der Waals surface area (Å²) in [6.45, 7) is 5.96. The Kier molecular flexibility index (Phi) is 6.26. The van der Waals surface area contributed by atoms with Crippen LogP contribution in [-0.2, 0) is 6.42 Å². The van der Waals surface area contributed by atoms with E-state index in [0.717, 1.165) is 33.5 Å². The van der Waals surface area contributed by atoms with Crippen molar-refractivity contribution in [3.63, 3.8) is 0 Å². The van der Waals surface area contributed by atoms with Gasteiger partial charge < -0.3 is 9.73 Å². The van der Waals surface area contributed by atoms with Crippen molar-refractivity contribution >= 4 is 51.6 Å². The lowest BCUT2D eigenvalue weighted by molar-refractivity contribution is 0.0977. The highest BCUT2D eigenvalue weighted by molar-refractivity contribution is 7.80. The maximum Gasteiger partial charge on any atom is 0.257 e. The number of oxazole rings is 1. The number of aryl methyl sites for hydroxylation is 3. The standard InChI is InChI=1S/C25H22ClN3O2S/c1-14-10-16(3)23-21(11-14)28-22(31-23)12-17-5-8-19(9-6-17)27-25(32)29-24(30)18-7-4-15(2)20(26)13-18/h4-11,13H,12H2,1-3H3,(H2,27,29,30,32). The van der Waals surface area contributed by atoms with E-state index in [2.05, 4.69) is 28.6 Å². The van der Waals surface area contributed by atoms with Crippen LogP contribution < -0.4 is 10.6 Å². The number of nitrogens with one attached hydrogen (secondary N) is 2. The summed E-state index contributed by atoms with van der Waals surface area (Å²) in [6, 6.07) is 17.0.